The molecule has 3 unspecified atom stereocenters. The summed E-state index contributed by atoms with van der Waals surface area (Å²) in [5.41, 5.74) is 1.57. The molecule has 0 spiro atoms. The normalized spacial score (nSPS) is 18.1. The van der Waals surface area contributed by atoms with Crippen LogP contribution in [0, 0.1) is 0 Å². The summed E-state index contributed by atoms with van der Waals surface area (Å²) in [5, 5.41) is 6.99. The fraction of sp³-hybridized carbons (Fsp3) is 0.467. The quantitative estimate of drug-likeness (QED) is 0.332. The van der Waals surface area contributed by atoms with Crippen molar-refractivity contribution in [3.63, 3.8) is 0 Å². The lowest BCUT2D eigenvalue weighted by molar-refractivity contribution is -0.139. The number of carbonyl (C=O) groups excluding carboxylic acids is 4. The number of benzene rings is 2. The predicted molar refractivity (Wildman–Crippen MR) is 157 cm³/mol. The van der Waals surface area contributed by atoms with Crippen LogP contribution in [-0.2, 0) is 14.4 Å². The molecule has 1 saturated heterocycles. The van der Waals surface area contributed by atoms with Crippen molar-refractivity contribution in [3.8, 4) is 0 Å². The van der Waals surface area contributed by atoms with Crippen LogP contribution in [0.1, 0.15) is 67.8 Å². The van der Waals surface area contributed by atoms with Gasteiger partial charge >= 0.3 is 0 Å². The molecule has 2 N–H and O–H groups in total. The van der Waals surface area contributed by atoms with E-state index in [2.05, 4.69) is 29.7 Å². The van der Waals surface area contributed by atoms with Crippen LogP contribution < -0.4 is 10.6 Å². The van der Waals surface area contributed by atoms with Crippen LogP contribution in [0.5, 0.6) is 0 Å². The maximum absolute atomic E-state index is 13.8. The Morgan fingerprint density at radius 3 is 2.55 bits per heavy atom. The average molecular weight is 590 g/mol. The van der Waals surface area contributed by atoms with E-state index >= 15 is 0 Å². The van der Waals surface area contributed by atoms with Gasteiger partial charge in [-0.25, -0.2) is 0 Å². The minimum absolute atomic E-state index is 0.0681. The van der Waals surface area contributed by atoms with E-state index in [1.807, 2.05) is 30.0 Å². The first-order valence-electron chi connectivity index (χ1n) is 13.8. The van der Waals surface area contributed by atoms with E-state index in [-0.39, 0.29) is 49.1 Å². The number of halogens is 2. The summed E-state index contributed by atoms with van der Waals surface area (Å²) in [6.45, 7) is 5.50. The smallest absolute Gasteiger partial charge is 0.251 e. The number of nitrogens with zero attached hydrogens (tertiary/aromatic N) is 2. The molecule has 0 aromatic heterocycles. The number of hydrogen-bond donors (Lipinski definition) is 2. The highest BCUT2D eigenvalue weighted by Gasteiger charge is 2.32. The summed E-state index contributed by atoms with van der Waals surface area (Å²) in [7, 11) is 0. The SMILES string of the molecule is CCCC(=O)N(C=O)CCC1NC(CNC(=O)c2ccc(Cl)c(Cl)c2)CCN(CC(CC)c2ccccc2)C1=O. The van der Waals surface area contributed by atoms with E-state index in [1.54, 1.807) is 12.1 Å². The Kier molecular flexibility index (Phi) is 12.4. The fourth-order valence-corrected chi connectivity index (χ4v) is 5.21. The van der Waals surface area contributed by atoms with E-state index in [9.17, 15) is 19.2 Å². The lowest BCUT2D eigenvalue weighted by Crippen LogP contribution is -2.50. The zero-order valence-electron chi connectivity index (χ0n) is 23.1. The summed E-state index contributed by atoms with van der Waals surface area (Å²) in [6.07, 6.45) is 3.23. The maximum Gasteiger partial charge on any atom is 0.251 e. The van der Waals surface area contributed by atoms with E-state index in [4.69, 9.17) is 23.2 Å². The molecule has 10 heteroatoms. The number of amides is 4. The molecule has 3 rings (SSSR count). The Morgan fingerprint density at radius 1 is 1.15 bits per heavy atom. The molecule has 1 aliphatic rings. The molecule has 0 radical (unpaired) electrons. The zero-order chi connectivity index (χ0) is 29.1. The second-order valence-corrected chi connectivity index (χ2v) is 10.9. The topological polar surface area (TPSA) is 98.8 Å². The van der Waals surface area contributed by atoms with Gasteiger partial charge in [-0.3, -0.25) is 24.1 Å². The Hall–Kier alpha value is -2.94. The van der Waals surface area contributed by atoms with Crippen molar-refractivity contribution in [2.75, 3.05) is 26.2 Å². The van der Waals surface area contributed by atoms with Gasteiger partial charge in [0.1, 0.15) is 0 Å². The number of nitrogens with one attached hydrogen (secondary N) is 2. The molecule has 2 aromatic rings. The summed E-state index contributed by atoms with van der Waals surface area (Å²) in [5.74, 6) is -0.441. The van der Waals surface area contributed by atoms with E-state index in [1.165, 1.54) is 11.6 Å². The fourth-order valence-electron chi connectivity index (χ4n) is 4.91. The molecule has 2 aromatic carbocycles. The highest BCUT2D eigenvalue weighted by Crippen LogP contribution is 2.24. The number of rotatable bonds is 13. The molecule has 216 valence electrons. The van der Waals surface area contributed by atoms with Crippen LogP contribution >= 0.6 is 23.2 Å². The summed E-state index contributed by atoms with van der Waals surface area (Å²) in [4.78, 5) is 53.5. The molecule has 4 amide bonds. The van der Waals surface area contributed by atoms with Crippen LogP contribution in [-0.4, -0.2) is 72.2 Å². The Morgan fingerprint density at radius 2 is 1.90 bits per heavy atom. The third kappa shape index (κ3) is 8.78. The third-order valence-electron chi connectivity index (χ3n) is 7.26. The predicted octanol–water partition coefficient (Wildman–Crippen LogP) is 4.65. The molecule has 8 nitrogen and oxygen atoms in total. The average Bonchev–Trinajstić information content (AvgIpc) is 3.10. The summed E-state index contributed by atoms with van der Waals surface area (Å²) in [6, 6.07) is 14.0. The van der Waals surface area contributed by atoms with E-state index in [0.29, 0.717) is 54.5 Å². The maximum atomic E-state index is 13.8. The second-order valence-electron chi connectivity index (χ2n) is 10.1. The minimum Gasteiger partial charge on any atom is -0.350 e. The first-order chi connectivity index (χ1) is 19.3. The van der Waals surface area contributed by atoms with Crippen LogP contribution in [0.25, 0.3) is 0 Å². The molecule has 40 heavy (non-hydrogen) atoms. The van der Waals surface area contributed by atoms with Gasteiger partial charge in [-0.05, 0) is 49.4 Å². The largest absolute Gasteiger partial charge is 0.350 e. The van der Waals surface area contributed by atoms with Gasteiger partial charge in [0.15, 0.2) is 0 Å². The Labute approximate surface area is 246 Å². The number of carbonyl (C=O) groups is 4. The first kappa shape index (κ1) is 31.6. The van der Waals surface area contributed by atoms with Crippen LogP contribution in [0.3, 0.4) is 0 Å². The molecule has 0 aliphatic carbocycles. The van der Waals surface area contributed by atoms with E-state index < -0.39 is 6.04 Å². The minimum atomic E-state index is -0.612. The monoisotopic (exact) mass is 588 g/mol. The highest BCUT2D eigenvalue weighted by molar-refractivity contribution is 6.42. The molecular weight excluding hydrogens is 551 g/mol. The van der Waals surface area contributed by atoms with Gasteiger partial charge in [-0.15, -0.1) is 0 Å². The van der Waals surface area contributed by atoms with Gasteiger partial charge in [0, 0.05) is 50.1 Å². The molecule has 0 saturated carbocycles. The third-order valence-corrected chi connectivity index (χ3v) is 8.00. The van der Waals surface area contributed by atoms with Gasteiger partial charge < -0.3 is 15.5 Å². The lowest BCUT2D eigenvalue weighted by Gasteiger charge is -2.29. The second kappa shape index (κ2) is 15.7. The van der Waals surface area contributed by atoms with E-state index in [0.717, 1.165) is 11.3 Å². The summed E-state index contributed by atoms with van der Waals surface area (Å²) >= 11 is 12.0. The van der Waals surface area contributed by atoms with Crippen molar-refractivity contribution in [2.24, 2.45) is 0 Å². The van der Waals surface area contributed by atoms with Gasteiger partial charge in [0.2, 0.25) is 18.2 Å². The van der Waals surface area contributed by atoms with Crippen molar-refractivity contribution in [1.29, 1.82) is 0 Å². The van der Waals surface area contributed by atoms with Crippen LogP contribution in [0.15, 0.2) is 48.5 Å². The van der Waals surface area contributed by atoms with Crippen molar-refractivity contribution >= 4 is 47.3 Å². The van der Waals surface area contributed by atoms with Crippen molar-refractivity contribution in [1.82, 2.24) is 20.4 Å². The van der Waals surface area contributed by atoms with Gasteiger partial charge in [0.05, 0.1) is 16.1 Å². The standard InChI is InChI=1S/C30H38Cl2N4O4/c1-3-8-28(38)36(20-37)16-14-27-30(40)35(19-21(4-2)22-9-6-5-7-10-22)15-13-24(34-27)18-33-29(39)23-11-12-25(31)26(32)17-23/h5-7,9-12,17,20-21,24,27,34H,3-4,8,13-16,18-19H2,1-2H3,(H,33,39). The van der Waals surface area contributed by atoms with Gasteiger partial charge in [-0.2, -0.15) is 0 Å². The van der Waals surface area contributed by atoms with Crippen LogP contribution in [0.2, 0.25) is 10.0 Å². The molecular formula is C30H38Cl2N4O4. The van der Waals surface area contributed by atoms with Crippen molar-refractivity contribution < 1.29 is 19.2 Å². The Bertz CT molecular complexity index is 1160. The van der Waals surface area contributed by atoms with Crippen molar-refractivity contribution in [2.45, 2.75) is 64.0 Å². The van der Waals surface area contributed by atoms with Gasteiger partial charge in [0.25, 0.3) is 5.91 Å². The number of hydrogen-bond acceptors (Lipinski definition) is 5. The molecule has 1 heterocycles. The van der Waals surface area contributed by atoms with Crippen LogP contribution in [0.4, 0.5) is 0 Å². The highest BCUT2D eigenvalue weighted by atomic mass is 35.5. The number of imide groups is 1. The van der Waals surface area contributed by atoms with Crippen molar-refractivity contribution in [3.05, 3.63) is 69.7 Å². The van der Waals surface area contributed by atoms with Gasteiger partial charge in [-0.1, -0.05) is 67.4 Å². The molecule has 0 bridgehead atoms. The molecule has 3 atom stereocenters. The Balaban J connectivity index is 1.74. The first-order valence-corrected chi connectivity index (χ1v) is 14.6. The lowest BCUT2D eigenvalue weighted by atomic mass is 9.95. The summed E-state index contributed by atoms with van der Waals surface area (Å²) < 4.78 is 0. The molecule has 1 aliphatic heterocycles. The zero-order valence-corrected chi connectivity index (χ0v) is 24.6. The molecule has 1 fully saturated rings.